The topological polar surface area (TPSA) is 46.5 Å². The van der Waals surface area contributed by atoms with E-state index >= 15 is 0 Å². The van der Waals surface area contributed by atoms with Crippen molar-refractivity contribution < 1.29 is 19.0 Å². The molecule has 1 saturated carbocycles. The summed E-state index contributed by atoms with van der Waals surface area (Å²) >= 11 is 6.11. The van der Waals surface area contributed by atoms with Gasteiger partial charge < -0.3 is 9.84 Å². The molecular formula is C17H18ClFO3. The Morgan fingerprint density at radius 1 is 1.32 bits per heavy atom. The number of aliphatic hydroxyl groups is 1. The van der Waals surface area contributed by atoms with Gasteiger partial charge >= 0.3 is 5.97 Å². The molecule has 0 aromatic heterocycles. The van der Waals surface area contributed by atoms with Crippen LogP contribution < -0.4 is 0 Å². The summed E-state index contributed by atoms with van der Waals surface area (Å²) in [6, 6.07) is 4.28. The largest absolute Gasteiger partial charge is 0.426 e. The number of hydrogen-bond donors (Lipinski definition) is 1. The van der Waals surface area contributed by atoms with E-state index in [0.717, 1.165) is 32.1 Å². The van der Waals surface area contributed by atoms with E-state index in [0.29, 0.717) is 5.57 Å². The number of carbonyl (C=O) groups excluding carboxylic acids is 1. The smallest absolute Gasteiger partial charge is 0.341 e. The van der Waals surface area contributed by atoms with Crippen LogP contribution in [0.5, 0.6) is 0 Å². The van der Waals surface area contributed by atoms with Gasteiger partial charge in [0.15, 0.2) is 0 Å². The van der Waals surface area contributed by atoms with E-state index in [1.807, 2.05) is 0 Å². The second-order valence-electron chi connectivity index (χ2n) is 6.09. The van der Waals surface area contributed by atoms with Crippen LogP contribution in [-0.2, 0) is 9.53 Å². The molecule has 1 unspecified atom stereocenters. The monoisotopic (exact) mass is 324 g/mol. The van der Waals surface area contributed by atoms with Gasteiger partial charge in [0, 0.05) is 18.1 Å². The van der Waals surface area contributed by atoms with Gasteiger partial charge in [0.25, 0.3) is 0 Å². The lowest BCUT2D eigenvalue weighted by Gasteiger charge is -2.29. The fourth-order valence-corrected chi connectivity index (χ4v) is 3.83. The Bertz CT molecular complexity index is 625. The molecule has 0 saturated heterocycles. The Labute approximate surface area is 133 Å². The molecular weight excluding hydrogens is 307 g/mol. The molecule has 1 N–H and O–H groups in total. The van der Waals surface area contributed by atoms with E-state index in [1.54, 1.807) is 0 Å². The Morgan fingerprint density at radius 3 is 2.64 bits per heavy atom. The predicted octanol–water partition coefficient (Wildman–Crippen LogP) is 4.08. The molecule has 5 heteroatoms. The SMILES string of the molecule is CC1(O)OC(=O)C(c2c(F)cccc2Cl)=C1C1CCCCC1. The van der Waals surface area contributed by atoms with Crippen molar-refractivity contribution in [2.45, 2.75) is 44.8 Å². The van der Waals surface area contributed by atoms with E-state index in [-0.39, 0.29) is 22.1 Å². The average molecular weight is 325 g/mol. The number of esters is 1. The molecule has 0 spiro atoms. The first-order chi connectivity index (χ1) is 10.4. The van der Waals surface area contributed by atoms with Gasteiger partial charge in [0.2, 0.25) is 5.79 Å². The quantitative estimate of drug-likeness (QED) is 0.834. The van der Waals surface area contributed by atoms with Gasteiger partial charge in [0.1, 0.15) is 5.82 Å². The van der Waals surface area contributed by atoms with Gasteiger partial charge in [-0.25, -0.2) is 9.18 Å². The van der Waals surface area contributed by atoms with Crippen LogP contribution in [0, 0.1) is 11.7 Å². The second kappa shape index (κ2) is 5.67. The molecule has 0 bridgehead atoms. The van der Waals surface area contributed by atoms with Crippen LogP contribution in [0.1, 0.15) is 44.6 Å². The van der Waals surface area contributed by atoms with Crippen molar-refractivity contribution in [2.75, 3.05) is 0 Å². The predicted molar refractivity (Wildman–Crippen MR) is 81.6 cm³/mol. The van der Waals surface area contributed by atoms with Gasteiger partial charge in [-0.2, -0.15) is 0 Å². The summed E-state index contributed by atoms with van der Waals surface area (Å²) in [6.45, 7) is 1.44. The van der Waals surface area contributed by atoms with Gasteiger partial charge in [-0.15, -0.1) is 0 Å². The lowest BCUT2D eigenvalue weighted by atomic mass is 9.78. The zero-order chi connectivity index (χ0) is 15.9. The van der Waals surface area contributed by atoms with Crippen LogP contribution in [0.2, 0.25) is 5.02 Å². The third kappa shape index (κ3) is 2.55. The zero-order valence-electron chi connectivity index (χ0n) is 12.4. The highest BCUT2D eigenvalue weighted by atomic mass is 35.5. The zero-order valence-corrected chi connectivity index (χ0v) is 13.1. The molecule has 1 aromatic carbocycles. The normalized spacial score (nSPS) is 26.5. The minimum atomic E-state index is -1.69. The van der Waals surface area contributed by atoms with Crippen molar-refractivity contribution in [3.05, 3.63) is 40.2 Å². The Kier molecular flexibility index (Phi) is 4.00. The maximum Gasteiger partial charge on any atom is 0.341 e. The molecule has 3 nitrogen and oxygen atoms in total. The third-order valence-corrected chi connectivity index (χ3v) is 4.81. The summed E-state index contributed by atoms with van der Waals surface area (Å²) in [6.07, 6.45) is 4.90. The van der Waals surface area contributed by atoms with Crippen molar-refractivity contribution in [1.82, 2.24) is 0 Å². The van der Waals surface area contributed by atoms with Crippen molar-refractivity contribution >= 4 is 23.1 Å². The first kappa shape index (κ1) is 15.5. The van der Waals surface area contributed by atoms with Gasteiger partial charge in [-0.05, 0) is 30.9 Å². The number of cyclic esters (lactones) is 1. The molecule has 0 radical (unpaired) electrons. The van der Waals surface area contributed by atoms with E-state index in [2.05, 4.69) is 0 Å². The Hall–Kier alpha value is -1.39. The van der Waals surface area contributed by atoms with Crippen molar-refractivity contribution in [3.8, 4) is 0 Å². The highest BCUT2D eigenvalue weighted by molar-refractivity contribution is 6.35. The van der Waals surface area contributed by atoms with E-state index in [4.69, 9.17) is 16.3 Å². The van der Waals surface area contributed by atoms with Crippen LogP contribution >= 0.6 is 11.6 Å². The summed E-state index contributed by atoms with van der Waals surface area (Å²) < 4.78 is 19.4. The van der Waals surface area contributed by atoms with Crippen LogP contribution in [0.25, 0.3) is 5.57 Å². The fourth-order valence-electron chi connectivity index (χ4n) is 3.58. The summed E-state index contributed by atoms with van der Waals surface area (Å²) in [7, 11) is 0. The molecule has 3 rings (SSSR count). The maximum absolute atomic E-state index is 14.3. The summed E-state index contributed by atoms with van der Waals surface area (Å²) in [5.41, 5.74) is 0.608. The maximum atomic E-state index is 14.3. The second-order valence-corrected chi connectivity index (χ2v) is 6.50. The van der Waals surface area contributed by atoms with Crippen LogP contribution in [-0.4, -0.2) is 16.9 Å². The summed E-state index contributed by atoms with van der Waals surface area (Å²) in [5.74, 6) is -2.97. The molecule has 1 aliphatic heterocycles. The van der Waals surface area contributed by atoms with Crippen molar-refractivity contribution in [3.63, 3.8) is 0 Å². The number of hydrogen-bond acceptors (Lipinski definition) is 3. The van der Waals surface area contributed by atoms with Gasteiger partial charge in [0.05, 0.1) is 10.6 Å². The molecule has 1 atom stereocenters. The average Bonchev–Trinajstić information content (AvgIpc) is 2.69. The number of benzene rings is 1. The molecule has 1 aliphatic carbocycles. The number of carbonyl (C=O) groups is 1. The fraction of sp³-hybridized carbons (Fsp3) is 0.471. The van der Waals surface area contributed by atoms with Gasteiger partial charge in [-0.1, -0.05) is 36.9 Å². The van der Waals surface area contributed by atoms with E-state index in [1.165, 1.54) is 25.1 Å². The lowest BCUT2D eigenvalue weighted by molar-refractivity contribution is -0.176. The molecule has 2 aliphatic rings. The van der Waals surface area contributed by atoms with E-state index in [9.17, 15) is 14.3 Å². The first-order valence-corrected chi connectivity index (χ1v) is 7.94. The standard InChI is InChI=1S/C17H18ClFO3/c1-17(21)15(10-6-3-2-4-7-10)14(16(20)22-17)13-11(18)8-5-9-12(13)19/h5,8-10,21H,2-4,6-7H2,1H3. The number of ether oxygens (including phenoxy) is 1. The highest BCUT2D eigenvalue weighted by Gasteiger charge is 2.47. The van der Waals surface area contributed by atoms with E-state index < -0.39 is 17.6 Å². The minimum Gasteiger partial charge on any atom is -0.426 e. The third-order valence-electron chi connectivity index (χ3n) is 4.49. The molecule has 22 heavy (non-hydrogen) atoms. The van der Waals surface area contributed by atoms with Crippen LogP contribution in [0.3, 0.4) is 0 Å². The van der Waals surface area contributed by atoms with Crippen LogP contribution in [0.4, 0.5) is 4.39 Å². The Balaban J connectivity index is 2.20. The van der Waals surface area contributed by atoms with Crippen LogP contribution in [0.15, 0.2) is 23.8 Å². The molecule has 1 aromatic rings. The van der Waals surface area contributed by atoms with Crippen molar-refractivity contribution in [2.24, 2.45) is 5.92 Å². The Morgan fingerprint density at radius 2 is 2.00 bits per heavy atom. The summed E-state index contributed by atoms with van der Waals surface area (Å²) in [5, 5.41) is 10.7. The molecule has 1 heterocycles. The summed E-state index contributed by atoms with van der Waals surface area (Å²) in [4.78, 5) is 12.3. The molecule has 118 valence electrons. The first-order valence-electron chi connectivity index (χ1n) is 7.56. The molecule has 0 amide bonds. The van der Waals surface area contributed by atoms with Crippen molar-refractivity contribution in [1.29, 1.82) is 0 Å². The molecule has 1 fully saturated rings. The lowest BCUT2D eigenvalue weighted by Crippen LogP contribution is -2.31. The number of rotatable bonds is 2. The minimum absolute atomic E-state index is 0.0147. The number of halogens is 2. The highest BCUT2D eigenvalue weighted by Crippen LogP contribution is 2.46. The van der Waals surface area contributed by atoms with Gasteiger partial charge in [-0.3, -0.25) is 0 Å².